The molecule has 0 fully saturated rings. The van der Waals surface area contributed by atoms with E-state index in [1.807, 2.05) is 20.9 Å². The minimum atomic E-state index is 0.0429. The zero-order valence-corrected chi connectivity index (χ0v) is 10.6. The fourth-order valence-electron chi connectivity index (χ4n) is 1.88. The van der Waals surface area contributed by atoms with Crippen LogP contribution in [0.4, 0.5) is 0 Å². The molecule has 1 aromatic rings. The van der Waals surface area contributed by atoms with Gasteiger partial charge in [0.25, 0.3) is 5.56 Å². The van der Waals surface area contributed by atoms with Crippen molar-refractivity contribution in [2.75, 3.05) is 7.05 Å². The van der Waals surface area contributed by atoms with Crippen molar-refractivity contribution in [3.05, 3.63) is 27.9 Å². The van der Waals surface area contributed by atoms with Gasteiger partial charge in [-0.25, -0.2) is 4.98 Å². The number of nitrogens with zero attached hydrogens (tertiary/aromatic N) is 2. The monoisotopic (exact) mass is 223 g/mol. The molecular formula is C12H21N3O. The number of aryl methyl sites for hydroxylation is 2. The molecule has 1 unspecified atom stereocenters. The predicted molar refractivity (Wildman–Crippen MR) is 65.7 cm³/mol. The van der Waals surface area contributed by atoms with Crippen LogP contribution in [0.5, 0.6) is 0 Å². The topological polar surface area (TPSA) is 46.9 Å². The van der Waals surface area contributed by atoms with Gasteiger partial charge in [-0.05, 0) is 27.3 Å². The van der Waals surface area contributed by atoms with Gasteiger partial charge in [-0.15, -0.1) is 0 Å². The highest BCUT2D eigenvalue weighted by Crippen LogP contribution is 2.01. The predicted octanol–water partition coefficient (Wildman–Crippen LogP) is 1.25. The van der Waals surface area contributed by atoms with E-state index in [0.717, 1.165) is 24.4 Å². The molecule has 0 aliphatic carbocycles. The molecule has 0 spiro atoms. The number of hydrogen-bond donors (Lipinski definition) is 1. The van der Waals surface area contributed by atoms with Crippen LogP contribution in [-0.4, -0.2) is 22.6 Å². The number of hydrogen-bond acceptors (Lipinski definition) is 3. The summed E-state index contributed by atoms with van der Waals surface area (Å²) < 4.78 is 1.74. The molecule has 0 saturated carbocycles. The van der Waals surface area contributed by atoms with Crippen molar-refractivity contribution in [2.45, 2.75) is 46.2 Å². The Balaban J connectivity index is 2.92. The SMILES string of the molecule is CCCC(Cn1c(C)nc(C)cc1=O)NC. The second-order valence-corrected chi connectivity index (χ2v) is 4.17. The maximum atomic E-state index is 11.8. The molecule has 1 rings (SSSR count). The third-order valence-corrected chi connectivity index (χ3v) is 2.78. The van der Waals surface area contributed by atoms with E-state index < -0.39 is 0 Å². The Morgan fingerprint density at radius 1 is 1.50 bits per heavy atom. The Kier molecular flexibility index (Phi) is 4.68. The van der Waals surface area contributed by atoms with E-state index in [9.17, 15) is 4.79 Å². The lowest BCUT2D eigenvalue weighted by atomic mass is 10.1. The first-order valence-electron chi connectivity index (χ1n) is 5.80. The van der Waals surface area contributed by atoms with Crippen LogP contribution in [0.2, 0.25) is 0 Å². The summed E-state index contributed by atoms with van der Waals surface area (Å²) >= 11 is 0. The Morgan fingerprint density at radius 2 is 2.19 bits per heavy atom. The van der Waals surface area contributed by atoms with Crippen molar-refractivity contribution in [1.82, 2.24) is 14.9 Å². The average molecular weight is 223 g/mol. The molecule has 4 heteroatoms. The number of nitrogens with one attached hydrogen (secondary N) is 1. The van der Waals surface area contributed by atoms with Gasteiger partial charge < -0.3 is 5.32 Å². The van der Waals surface area contributed by atoms with Crippen LogP contribution in [0, 0.1) is 13.8 Å². The van der Waals surface area contributed by atoms with Crippen LogP contribution in [0.3, 0.4) is 0 Å². The van der Waals surface area contributed by atoms with Gasteiger partial charge in [0.1, 0.15) is 5.82 Å². The number of aromatic nitrogens is 2. The molecule has 4 nitrogen and oxygen atoms in total. The molecule has 0 bridgehead atoms. The Morgan fingerprint density at radius 3 is 2.69 bits per heavy atom. The maximum Gasteiger partial charge on any atom is 0.253 e. The van der Waals surface area contributed by atoms with Crippen LogP contribution in [0.15, 0.2) is 10.9 Å². The molecule has 1 heterocycles. The van der Waals surface area contributed by atoms with Gasteiger partial charge in [0, 0.05) is 24.3 Å². The summed E-state index contributed by atoms with van der Waals surface area (Å²) in [4.78, 5) is 16.1. The fraction of sp³-hybridized carbons (Fsp3) is 0.667. The summed E-state index contributed by atoms with van der Waals surface area (Å²) in [5.41, 5.74) is 0.830. The van der Waals surface area contributed by atoms with Gasteiger partial charge in [0.2, 0.25) is 0 Å². The fourth-order valence-corrected chi connectivity index (χ4v) is 1.88. The first-order valence-corrected chi connectivity index (χ1v) is 5.80. The minimum absolute atomic E-state index is 0.0429. The Hall–Kier alpha value is -1.16. The molecule has 0 saturated heterocycles. The molecule has 0 amide bonds. The Labute approximate surface area is 96.7 Å². The van der Waals surface area contributed by atoms with Crippen LogP contribution in [0.25, 0.3) is 0 Å². The zero-order chi connectivity index (χ0) is 12.1. The zero-order valence-electron chi connectivity index (χ0n) is 10.6. The summed E-state index contributed by atoms with van der Waals surface area (Å²) in [6.07, 6.45) is 2.18. The van der Waals surface area contributed by atoms with Crippen LogP contribution >= 0.6 is 0 Å². The van der Waals surface area contributed by atoms with Gasteiger partial charge >= 0.3 is 0 Å². The molecule has 0 radical (unpaired) electrons. The second kappa shape index (κ2) is 5.80. The minimum Gasteiger partial charge on any atom is -0.315 e. The van der Waals surface area contributed by atoms with E-state index in [4.69, 9.17) is 0 Å². The molecule has 1 aromatic heterocycles. The van der Waals surface area contributed by atoms with Gasteiger partial charge in [0.05, 0.1) is 0 Å². The van der Waals surface area contributed by atoms with Crippen LogP contribution < -0.4 is 10.9 Å². The van der Waals surface area contributed by atoms with Crippen LogP contribution in [-0.2, 0) is 6.54 Å². The first kappa shape index (κ1) is 12.9. The van der Waals surface area contributed by atoms with Crippen molar-refractivity contribution in [3.63, 3.8) is 0 Å². The van der Waals surface area contributed by atoms with Crippen molar-refractivity contribution in [3.8, 4) is 0 Å². The molecule has 90 valence electrons. The lowest BCUT2D eigenvalue weighted by molar-refractivity contribution is 0.433. The van der Waals surface area contributed by atoms with Crippen molar-refractivity contribution in [2.24, 2.45) is 0 Å². The highest BCUT2D eigenvalue weighted by atomic mass is 16.1. The number of rotatable bonds is 5. The molecule has 0 aromatic carbocycles. The summed E-state index contributed by atoms with van der Waals surface area (Å²) in [6, 6.07) is 1.93. The molecule has 1 N–H and O–H groups in total. The van der Waals surface area contributed by atoms with Gasteiger partial charge in [-0.2, -0.15) is 0 Å². The summed E-state index contributed by atoms with van der Waals surface area (Å²) in [7, 11) is 1.93. The maximum absolute atomic E-state index is 11.8. The highest BCUT2D eigenvalue weighted by Gasteiger charge is 2.09. The quantitative estimate of drug-likeness (QED) is 0.817. The average Bonchev–Trinajstić information content (AvgIpc) is 2.21. The molecule has 16 heavy (non-hydrogen) atoms. The normalized spacial score (nSPS) is 12.8. The summed E-state index contributed by atoms with van der Waals surface area (Å²) in [6.45, 7) is 6.57. The van der Waals surface area contributed by atoms with E-state index in [1.54, 1.807) is 10.6 Å². The molecule has 0 aliphatic rings. The van der Waals surface area contributed by atoms with Gasteiger partial charge in [-0.1, -0.05) is 13.3 Å². The molecular weight excluding hydrogens is 202 g/mol. The standard InChI is InChI=1S/C12H21N3O/c1-5-6-11(13-4)8-15-10(3)14-9(2)7-12(15)16/h7,11,13H,5-6,8H2,1-4H3. The smallest absolute Gasteiger partial charge is 0.253 e. The van der Waals surface area contributed by atoms with E-state index in [-0.39, 0.29) is 5.56 Å². The van der Waals surface area contributed by atoms with E-state index in [0.29, 0.717) is 12.6 Å². The Bertz CT molecular complexity index is 398. The second-order valence-electron chi connectivity index (χ2n) is 4.17. The third kappa shape index (κ3) is 3.17. The van der Waals surface area contributed by atoms with Gasteiger partial charge in [0.15, 0.2) is 0 Å². The number of likely N-dealkylation sites (N-methyl/N-ethyl adjacent to an activating group) is 1. The van der Waals surface area contributed by atoms with Crippen LogP contribution in [0.1, 0.15) is 31.3 Å². The van der Waals surface area contributed by atoms with Gasteiger partial charge in [-0.3, -0.25) is 9.36 Å². The first-order chi connectivity index (χ1) is 7.58. The van der Waals surface area contributed by atoms with E-state index in [2.05, 4.69) is 17.2 Å². The van der Waals surface area contributed by atoms with E-state index >= 15 is 0 Å². The largest absolute Gasteiger partial charge is 0.315 e. The summed E-state index contributed by atoms with van der Waals surface area (Å²) in [5, 5.41) is 3.23. The lowest BCUT2D eigenvalue weighted by Crippen LogP contribution is -2.35. The molecule has 0 aliphatic heterocycles. The molecule has 1 atom stereocenters. The van der Waals surface area contributed by atoms with E-state index in [1.165, 1.54) is 0 Å². The summed E-state index contributed by atoms with van der Waals surface area (Å²) in [5.74, 6) is 0.793. The highest BCUT2D eigenvalue weighted by molar-refractivity contribution is 5.01. The lowest BCUT2D eigenvalue weighted by Gasteiger charge is -2.18. The third-order valence-electron chi connectivity index (χ3n) is 2.78. The van der Waals surface area contributed by atoms with Crippen molar-refractivity contribution < 1.29 is 0 Å². The van der Waals surface area contributed by atoms with Crippen molar-refractivity contribution in [1.29, 1.82) is 0 Å². The van der Waals surface area contributed by atoms with Crippen molar-refractivity contribution >= 4 is 0 Å².